The summed E-state index contributed by atoms with van der Waals surface area (Å²) in [6.45, 7) is 4.33. The van der Waals surface area contributed by atoms with Gasteiger partial charge in [0.15, 0.2) is 0 Å². The monoisotopic (exact) mass is 268 g/mol. The Labute approximate surface area is 99.6 Å². The first-order chi connectivity index (χ1) is 7.18. The Morgan fingerprint density at radius 3 is 2.47 bits per heavy atom. The maximum absolute atomic E-state index is 6.08. The summed E-state index contributed by atoms with van der Waals surface area (Å²) < 4.78 is 1.13. The van der Waals surface area contributed by atoms with E-state index in [2.05, 4.69) is 39.9 Å². The first-order valence-electron chi connectivity index (χ1n) is 5.49. The van der Waals surface area contributed by atoms with E-state index in [9.17, 15) is 0 Å². The maximum Gasteiger partial charge on any atom is 0.0744 e. The Bertz CT molecular complexity index is 334. The molecule has 1 heterocycles. The maximum atomic E-state index is 6.08. The topological polar surface area (TPSA) is 29.3 Å². The summed E-state index contributed by atoms with van der Waals surface area (Å²) in [7, 11) is 0. The number of nitrogens with two attached hydrogens (primary N) is 1. The molecule has 0 aromatic heterocycles. The van der Waals surface area contributed by atoms with Gasteiger partial charge < -0.3 is 10.6 Å². The number of halogens is 1. The zero-order valence-electron chi connectivity index (χ0n) is 9.09. The van der Waals surface area contributed by atoms with E-state index in [4.69, 9.17) is 5.73 Å². The lowest BCUT2D eigenvalue weighted by Gasteiger charge is -2.30. The fourth-order valence-electron chi connectivity index (χ4n) is 2.21. The fourth-order valence-corrected chi connectivity index (χ4v) is 3.05. The lowest BCUT2D eigenvalue weighted by molar-refractivity contribution is 0.577. The van der Waals surface area contributed by atoms with Crippen molar-refractivity contribution in [2.45, 2.75) is 26.2 Å². The molecule has 15 heavy (non-hydrogen) atoms. The Balaban J connectivity index is 2.33. The van der Waals surface area contributed by atoms with Crippen molar-refractivity contribution < 1.29 is 0 Å². The number of piperidine rings is 1. The Morgan fingerprint density at radius 2 is 1.87 bits per heavy atom. The number of benzene rings is 1. The van der Waals surface area contributed by atoms with Crippen LogP contribution in [0.4, 0.5) is 11.4 Å². The number of anilines is 2. The second kappa shape index (κ2) is 4.44. The van der Waals surface area contributed by atoms with Crippen molar-refractivity contribution in [3.63, 3.8) is 0 Å². The smallest absolute Gasteiger partial charge is 0.0744 e. The third-order valence-electron chi connectivity index (χ3n) is 2.91. The SMILES string of the molecule is Cc1cc(N)c(N2CCCCC2)c(Br)c1. The van der Waals surface area contributed by atoms with Crippen LogP contribution in [0, 0.1) is 6.92 Å². The van der Waals surface area contributed by atoms with Crippen LogP contribution in [-0.2, 0) is 0 Å². The van der Waals surface area contributed by atoms with Gasteiger partial charge in [-0.2, -0.15) is 0 Å². The molecule has 0 atom stereocenters. The van der Waals surface area contributed by atoms with Gasteiger partial charge in [0.1, 0.15) is 0 Å². The molecule has 1 aromatic rings. The molecule has 82 valence electrons. The van der Waals surface area contributed by atoms with Crippen molar-refractivity contribution in [3.8, 4) is 0 Å². The minimum absolute atomic E-state index is 0.892. The zero-order chi connectivity index (χ0) is 10.8. The average Bonchev–Trinajstić information content (AvgIpc) is 2.17. The van der Waals surface area contributed by atoms with Crippen LogP contribution >= 0.6 is 15.9 Å². The predicted molar refractivity (Wildman–Crippen MR) is 69.4 cm³/mol. The van der Waals surface area contributed by atoms with E-state index < -0.39 is 0 Å². The van der Waals surface area contributed by atoms with Gasteiger partial charge >= 0.3 is 0 Å². The number of nitrogens with zero attached hydrogens (tertiary/aromatic N) is 1. The Hall–Kier alpha value is -0.700. The summed E-state index contributed by atoms with van der Waals surface area (Å²) >= 11 is 3.61. The van der Waals surface area contributed by atoms with Crippen molar-refractivity contribution >= 4 is 27.3 Å². The second-order valence-corrected chi connectivity index (χ2v) is 5.09. The highest BCUT2D eigenvalue weighted by atomic mass is 79.9. The first-order valence-corrected chi connectivity index (χ1v) is 6.28. The van der Waals surface area contributed by atoms with Crippen LogP contribution < -0.4 is 10.6 Å². The molecule has 3 heteroatoms. The molecule has 1 fully saturated rings. The Morgan fingerprint density at radius 1 is 1.20 bits per heavy atom. The highest BCUT2D eigenvalue weighted by molar-refractivity contribution is 9.10. The van der Waals surface area contributed by atoms with Crippen molar-refractivity contribution in [3.05, 3.63) is 22.2 Å². The molecule has 1 aliphatic rings. The van der Waals surface area contributed by atoms with Gasteiger partial charge in [-0.25, -0.2) is 0 Å². The lowest BCUT2D eigenvalue weighted by Crippen LogP contribution is -2.30. The normalized spacial score (nSPS) is 16.8. The summed E-state index contributed by atoms with van der Waals surface area (Å²) in [5, 5.41) is 0. The van der Waals surface area contributed by atoms with Gasteiger partial charge in [-0.05, 0) is 59.8 Å². The lowest BCUT2D eigenvalue weighted by atomic mass is 10.1. The van der Waals surface area contributed by atoms with Gasteiger partial charge in [-0.15, -0.1) is 0 Å². The van der Waals surface area contributed by atoms with E-state index >= 15 is 0 Å². The quantitative estimate of drug-likeness (QED) is 0.792. The first kappa shape index (κ1) is 10.8. The second-order valence-electron chi connectivity index (χ2n) is 4.23. The van der Waals surface area contributed by atoms with E-state index in [1.807, 2.05) is 0 Å². The van der Waals surface area contributed by atoms with Crippen LogP contribution in [-0.4, -0.2) is 13.1 Å². The molecule has 1 aromatic carbocycles. The summed E-state index contributed by atoms with van der Waals surface area (Å²) in [5.41, 5.74) is 9.36. The van der Waals surface area contributed by atoms with Gasteiger partial charge in [0.25, 0.3) is 0 Å². The summed E-state index contributed by atoms with van der Waals surface area (Å²) in [4.78, 5) is 2.39. The number of hydrogen-bond acceptors (Lipinski definition) is 2. The van der Waals surface area contributed by atoms with Crippen molar-refractivity contribution in [2.24, 2.45) is 0 Å². The van der Waals surface area contributed by atoms with Crippen LogP contribution in [0.2, 0.25) is 0 Å². The van der Waals surface area contributed by atoms with Crippen LogP contribution in [0.1, 0.15) is 24.8 Å². The van der Waals surface area contributed by atoms with E-state index in [-0.39, 0.29) is 0 Å². The molecule has 0 bridgehead atoms. The highest BCUT2D eigenvalue weighted by Crippen LogP contribution is 2.35. The summed E-state index contributed by atoms with van der Waals surface area (Å²) in [5.74, 6) is 0. The third kappa shape index (κ3) is 2.28. The molecule has 1 aliphatic heterocycles. The van der Waals surface area contributed by atoms with Crippen LogP contribution in [0.5, 0.6) is 0 Å². The number of hydrogen-bond donors (Lipinski definition) is 1. The molecule has 1 saturated heterocycles. The molecule has 2 N–H and O–H groups in total. The molecule has 2 rings (SSSR count). The van der Waals surface area contributed by atoms with Crippen molar-refractivity contribution in [1.29, 1.82) is 0 Å². The summed E-state index contributed by atoms with van der Waals surface area (Å²) in [6.07, 6.45) is 3.90. The van der Waals surface area contributed by atoms with E-state index in [0.717, 1.165) is 23.2 Å². The van der Waals surface area contributed by atoms with E-state index in [1.165, 1.54) is 30.5 Å². The molecule has 0 aliphatic carbocycles. The van der Waals surface area contributed by atoms with Gasteiger partial charge in [0.2, 0.25) is 0 Å². The predicted octanol–water partition coefficient (Wildman–Crippen LogP) is 3.33. The molecule has 0 spiro atoms. The standard InChI is InChI=1S/C12H17BrN2/c1-9-7-10(13)12(11(14)8-9)15-5-3-2-4-6-15/h7-8H,2-6,14H2,1H3. The van der Waals surface area contributed by atoms with Gasteiger partial charge in [-0.1, -0.05) is 0 Å². The van der Waals surface area contributed by atoms with E-state index in [1.54, 1.807) is 0 Å². The molecule has 0 radical (unpaired) electrons. The van der Waals surface area contributed by atoms with Gasteiger partial charge in [0, 0.05) is 17.6 Å². The average molecular weight is 269 g/mol. The van der Waals surface area contributed by atoms with Crippen LogP contribution in [0.15, 0.2) is 16.6 Å². The van der Waals surface area contributed by atoms with Crippen molar-refractivity contribution in [1.82, 2.24) is 0 Å². The highest BCUT2D eigenvalue weighted by Gasteiger charge is 2.16. The zero-order valence-corrected chi connectivity index (χ0v) is 10.7. The number of nitrogen functional groups attached to an aromatic ring is 1. The minimum atomic E-state index is 0.892. The van der Waals surface area contributed by atoms with Crippen LogP contribution in [0.3, 0.4) is 0 Å². The minimum Gasteiger partial charge on any atom is -0.397 e. The molecular weight excluding hydrogens is 252 g/mol. The summed E-state index contributed by atoms with van der Waals surface area (Å²) in [6, 6.07) is 4.19. The number of aryl methyl sites for hydroxylation is 1. The van der Waals surface area contributed by atoms with Gasteiger partial charge in [0.05, 0.1) is 11.4 Å². The molecule has 0 amide bonds. The van der Waals surface area contributed by atoms with Crippen molar-refractivity contribution in [2.75, 3.05) is 23.7 Å². The largest absolute Gasteiger partial charge is 0.397 e. The molecular formula is C12H17BrN2. The van der Waals surface area contributed by atoms with E-state index in [0.29, 0.717) is 0 Å². The third-order valence-corrected chi connectivity index (χ3v) is 3.51. The number of rotatable bonds is 1. The van der Waals surface area contributed by atoms with Gasteiger partial charge in [-0.3, -0.25) is 0 Å². The fraction of sp³-hybridized carbons (Fsp3) is 0.500. The van der Waals surface area contributed by atoms with Crippen LogP contribution in [0.25, 0.3) is 0 Å². The Kier molecular flexibility index (Phi) is 3.19. The molecule has 0 saturated carbocycles. The molecule has 0 unspecified atom stereocenters. The molecule has 2 nitrogen and oxygen atoms in total.